The average Bonchev–Trinajstić information content (AvgIpc) is 2.26. The molecule has 1 aromatic heterocycles. The smallest absolute Gasteiger partial charge is 0.125 e. The fraction of sp³-hybridized carbons (Fsp3) is 0.667. The molecular weight excluding hydrogens is 224 g/mol. The van der Waals surface area contributed by atoms with Gasteiger partial charge < -0.3 is 10.4 Å². The molecule has 1 heterocycles. The fourth-order valence-corrected chi connectivity index (χ4v) is 1.85. The molecule has 102 valence electrons. The first-order valence-corrected chi connectivity index (χ1v) is 6.67. The van der Waals surface area contributed by atoms with Crippen LogP contribution in [0.2, 0.25) is 0 Å². The summed E-state index contributed by atoms with van der Waals surface area (Å²) in [4.78, 5) is 4.39. The molecule has 3 nitrogen and oxygen atoms in total. The van der Waals surface area contributed by atoms with Crippen molar-refractivity contribution in [1.29, 1.82) is 0 Å². The van der Waals surface area contributed by atoms with Gasteiger partial charge in [-0.1, -0.05) is 40.2 Å². The summed E-state index contributed by atoms with van der Waals surface area (Å²) in [5.41, 5.74) is 0.673. The minimum Gasteiger partial charge on any atom is -0.388 e. The molecule has 0 saturated carbocycles. The van der Waals surface area contributed by atoms with E-state index in [1.807, 2.05) is 19.2 Å². The second-order valence-corrected chi connectivity index (χ2v) is 6.28. The van der Waals surface area contributed by atoms with E-state index in [4.69, 9.17) is 0 Å². The number of hydrogen-bond donors (Lipinski definition) is 2. The van der Waals surface area contributed by atoms with Crippen LogP contribution in [0.3, 0.4) is 0 Å². The molecule has 0 aliphatic rings. The van der Waals surface area contributed by atoms with Crippen molar-refractivity contribution in [2.24, 2.45) is 0 Å². The molecule has 1 aromatic rings. The molecule has 0 aliphatic carbocycles. The van der Waals surface area contributed by atoms with E-state index in [-0.39, 0.29) is 5.41 Å². The van der Waals surface area contributed by atoms with Gasteiger partial charge in [0.2, 0.25) is 0 Å². The SMILES string of the molecule is CCCC(C)(O)CNc1ccc(C(C)(C)C)cn1. The normalized spacial score (nSPS) is 15.2. The molecule has 1 rings (SSSR count). The molecule has 18 heavy (non-hydrogen) atoms. The number of pyridine rings is 1. The minimum atomic E-state index is -0.668. The van der Waals surface area contributed by atoms with Crippen LogP contribution in [0.4, 0.5) is 5.82 Å². The summed E-state index contributed by atoms with van der Waals surface area (Å²) in [6.45, 7) is 11.0. The molecule has 0 spiro atoms. The van der Waals surface area contributed by atoms with Gasteiger partial charge in [-0.05, 0) is 30.4 Å². The molecule has 0 amide bonds. The van der Waals surface area contributed by atoms with Crippen molar-refractivity contribution < 1.29 is 5.11 Å². The standard InChI is InChI=1S/C15H26N2O/c1-6-9-15(5,18)11-17-13-8-7-12(10-16-13)14(2,3)4/h7-8,10,18H,6,9,11H2,1-5H3,(H,16,17). The Morgan fingerprint density at radius 1 is 1.22 bits per heavy atom. The largest absolute Gasteiger partial charge is 0.388 e. The third-order valence-corrected chi connectivity index (χ3v) is 3.07. The lowest BCUT2D eigenvalue weighted by Gasteiger charge is -2.23. The maximum Gasteiger partial charge on any atom is 0.125 e. The Labute approximate surface area is 111 Å². The van der Waals surface area contributed by atoms with E-state index >= 15 is 0 Å². The van der Waals surface area contributed by atoms with Gasteiger partial charge in [0, 0.05) is 12.7 Å². The van der Waals surface area contributed by atoms with Crippen molar-refractivity contribution in [3.63, 3.8) is 0 Å². The van der Waals surface area contributed by atoms with Crippen LogP contribution in [0.5, 0.6) is 0 Å². The summed E-state index contributed by atoms with van der Waals surface area (Å²) in [5, 5.41) is 13.3. The van der Waals surface area contributed by atoms with Gasteiger partial charge in [-0.15, -0.1) is 0 Å². The highest BCUT2D eigenvalue weighted by Crippen LogP contribution is 2.22. The Morgan fingerprint density at radius 3 is 2.33 bits per heavy atom. The van der Waals surface area contributed by atoms with Gasteiger partial charge in [-0.2, -0.15) is 0 Å². The lowest BCUT2D eigenvalue weighted by molar-refractivity contribution is 0.0636. The number of nitrogens with zero attached hydrogens (tertiary/aromatic N) is 1. The molecular formula is C15H26N2O. The summed E-state index contributed by atoms with van der Waals surface area (Å²) in [5.74, 6) is 0.819. The van der Waals surface area contributed by atoms with Crippen LogP contribution in [0, 0.1) is 0 Å². The minimum absolute atomic E-state index is 0.124. The van der Waals surface area contributed by atoms with E-state index in [0.717, 1.165) is 18.7 Å². The van der Waals surface area contributed by atoms with Crippen molar-refractivity contribution in [2.75, 3.05) is 11.9 Å². The average molecular weight is 250 g/mol. The van der Waals surface area contributed by atoms with Gasteiger partial charge in [0.15, 0.2) is 0 Å². The van der Waals surface area contributed by atoms with Crippen LogP contribution >= 0.6 is 0 Å². The first kappa shape index (κ1) is 15.0. The van der Waals surface area contributed by atoms with Crippen molar-refractivity contribution in [1.82, 2.24) is 4.98 Å². The van der Waals surface area contributed by atoms with Crippen LogP contribution in [0.25, 0.3) is 0 Å². The van der Waals surface area contributed by atoms with Gasteiger partial charge in [-0.25, -0.2) is 4.98 Å². The number of nitrogens with one attached hydrogen (secondary N) is 1. The zero-order valence-electron chi connectivity index (χ0n) is 12.2. The lowest BCUT2D eigenvalue weighted by Crippen LogP contribution is -2.33. The van der Waals surface area contributed by atoms with Crippen LogP contribution in [-0.4, -0.2) is 22.2 Å². The number of aromatic nitrogens is 1. The fourth-order valence-electron chi connectivity index (χ4n) is 1.85. The Hall–Kier alpha value is -1.09. The van der Waals surface area contributed by atoms with Gasteiger partial charge >= 0.3 is 0 Å². The predicted molar refractivity (Wildman–Crippen MR) is 77.0 cm³/mol. The highest BCUT2D eigenvalue weighted by atomic mass is 16.3. The van der Waals surface area contributed by atoms with Crippen molar-refractivity contribution in [2.45, 2.75) is 58.5 Å². The summed E-state index contributed by atoms with van der Waals surface area (Å²) in [6.07, 6.45) is 3.67. The van der Waals surface area contributed by atoms with Gasteiger partial charge in [-0.3, -0.25) is 0 Å². The number of aliphatic hydroxyl groups is 1. The van der Waals surface area contributed by atoms with Crippen LogP contribution in [-0.2, 0) is 5.41 Å². The summed E-state index contributed by atoms with van der Waals surface area (Å²) in [6, 6.07) is 4.06. The van der Waals surface area contributed by atoms with Crippen molar-refractivity contribution >= 4 is 5.82 Å². The van der Waals surface area contributed by atoms with Crippen molar-refractivity contribution in [3.8, 4) is 0 Å². The molecule has 1 atom stereocenters. The molecule has 0 radical (unpaired) electrons. The summed E-state index contributed by atoms with van der Waals surface area (Å²) < 4.78 is 0. The molecule has 3 heteroatoms. The maximum absolute atomic E-state index is 10.1. The Kier molecular flexibility index (Phi) is 4.74. The molecule has 1 unspecified atom stereocenters. The number of anilines is 1. The number of rotatable bonds is 5. The third-order valence-electron chi connectivity index (χ3n) is 3.07. The molecule has 0 fully saturated rings. The Bertz CT molecular complexity index is 363. The zero-order chi connectivity index (χ0) is 13.8. The first-order valence-electron chi connectivity index (χ1n) is 6.67. The van der Waals surface area contributed by atoms with Crippen LogP contribution in [0.15, 0.2) is 18.3 Å². The van der Waals surface area contributed by atoms with E-state index < -0.39 is 5.60 Å². The molecule has 0 saturated heterocycles. The predicted octanol–water partition coefficient (Wildman–Crippen LogP) is 3.34. The van der Waals surface area contributed by atoms with Gasteiger partial charge in [0.1, 0.15) is 5.82 Å². The highest BCUT2D eigenvalue weighted by Gasteiger charge is 2.19. The van der Waals surface area contributed by atoms with E-state index in [9.17, 15) is 5.11 Å². The third kappa shape index (κ3) is 4.65. The zero-order valence-corrected chi connectivity index (χ0v) is 12.2. The summed E-state index contributed by atoms with van der Waals surface area (Å²) >= 11 is 0. The Morgan fingerprint density at radius 2 is 1.89 bits per heavy atom. The van der Waals surface area contributed by atoms with Crippen molar-refractivity contribution in [3.05, 3.63) is 23.9 Å². The molecule has 0 aromatic carbocycles. The first-order chi connectivity index (χ1) is 8.24. The second-order valence-electron chi connectivity index (χ2n) is 6.28. The second kappa shape index (κ2) is 5.70. The Balaban J connectivity index is 2.60. The number of hydrogen-bond acceptors (Lipinski definition) is 3. The quantitative estimate of drug-likeness (QED) is 0.842. The van der Waals surface area contributed by atoms with Crippen LogP contribution < -0.4 is 5.32 Å². The summed E-state index contributed by atoms with van der Waals surface area (Å²) in [7, 11) is 0. The van der Waals surface area contributed by atoms with Gasteiger partial charge in [0.25, 0.3) is 0 Å². The van der Waals surface area contributed by atoms with E-state index in [1.165, 1.54) is 5.56 Å². The van der Waals surface area contributed by atoms with E-state index in [1.54, 1.807) is 0 Å². The van der Waals surface area contributed by atoms with E-state index in [2.05, 4.69) is 44.1 Å². The maximum atomic E-state index is 10.1. The van der Waals surface area contributed by atoms with Crippen LogP contribution in [0.1, 0.15) is 53.0 Å². The molecule has 0 bridgehead atoms. The topological polar surface area (TPSA) is 45.1 Å². The van der Waals surface area contributed by atoms with E-state index in [0.29, 0.717) is 6.54 Å². The molecule has 0 aliphatic heterocycles. The highest BCUT2D eigenvalue weighted by molar-refractivity contribution is 5.37. The molecule has 2 N–H and O–H groups in total. The monoisotopic (exact) mass is 250 g/mol. The lowest BCUT2D eigenvalue weighted by atomic mass is 9.88. The van der Waals surface area contributed by atoms with Gasteiger partial charge in [0.05, 0.1) is 5.60 Å².